The maximum Gasteiger partial charge on any atom is 0.410 e. The lowest BCUT2D eigenvalue weighted by Gasteiger charge is -2.52. The van der Waals surface area contributed by atoms with Gasteiger partial charge in [-0.25, -0.2) is 4.79 Å². The second-order valence-corrected chi connectivity index (χ2v) is 7.25. The minimum Gasteiger partial charge on any atom is -0.497 e. The Labute approximate surface area is 135 Å². The average molecular weight is 321 g/mol. The largest absolute Gasteiger partial charge is 0.497 e. The van der Waals surface area contributed by atoms with Gasteiger partial charge in [0, 0.05) is 12.0 Å². The fourth-order valence-electron chi connectivity index (χ4n) is 3.04. The van der Waals surface area contributed by atoms with Gasteiger partial charge in [0.25, 0.3) is 0 Å². The summed E-state index contributed by atoms with van der Waals surface area (Å²) in [6.07, 6.45) is -0.525. The highest BCUT2D eigenvalue weighted by molar-refractivity contribution is 5.70. The van der Waals surface area contributed by atoms with Gasteiger partial charge in [-0.2, -0.15) is 0 Å². The molecule has 6 nitrogen and oxygen atoms in total. The van der Waals surface area contributed by atoms with Crippen molar-refractivity contribution in [3.8, 4) is 11.5 Å². The number of aliphatic hydroxyl groups is 1. The molecule has 0 bridgehead atoms. The van der Waals surface area contributed by atoms with Gasteiger partial charge in [-0.1, -0.05) is 0 Å². The molecule has 0 aliphatic carbocycles. The zero-order valence-electron chi connectivity index (χ0n) is 14.0. The van der Waals surface area contributed by atoms with Crippen LogP contribution in [0.5, 0.6) is 11.5 Å². The number of carbonyl (C=O) groups excluding carboxylic acids is 1. The van der Waals surface area contributed by atoms with E-state index >= 15 is 0 Å². The van der Waals surface area contributed by atoms with Crippen LogP contribution in [-0.2, 0) is 4.74 Å². The predicted molar refractivity (Wildman–Crippen MR) is 83.7 cm³/mol. The summed E-state index contributed by atoms with van der Waals surface area (Å²) >= 11 is 0. The van der Waals surface area contributed by atoms with Crippen LogP contribution in [0.2, 0.25) is 0 Å². The van der Waals surface area contributed by atoms with Crippen molar-refractivity contribution in [2.45, 2.75) is 44.5 Å². The zero-order chi connectivity index (χ0) is 16.8. The van der Waals surface area contributed by atoms with Gasteiger partial charge in [-0.3, -0.25) is 0 Å². The standard InChI is InChI=1S/C17H23NO5/c1-16(2,3)23-15(20)18-9-17(10-18)8-13(19)12-7-11(21-4)5-6-14(12)22-17/h5-7,13,19H,8-10H2,1-4H3. The number of hydrogen-bond acceptors (Lipinski definition) is 5. The topological polar surface area (TPSA) is 68.2 Å². The van der Waals surface area contributed by atoms with Crippen molar-refractivity contribution in [3.05, 3.63) is 23.8 Å². The molecule has 1 aromatic carbocycles. The van der Waals surface area contributed by atoms with Crippen LogP contribution in [0.4, 0.5) is 4.79 Å². The summed E-state index contributed by atoms with van der Waals surface area (Å²) in [4.78, 5) is 13.7. The Hall–Kier alpha value is -1.95. The summed E-state index contributed by atoms with van der Waals surface area (Å²) in [7, 11) is 1.59. The molecule has 0 radical (unpaired) electrons. The number of nitrogens with zero attached hydrogens (tertiary/aromatic N) is 1. The first-order valence-electron chi connectivity index (χ1n) is 7.74. The summed E-state index contributed by atoms with van der Waals surface area (Å²) in [5, 5.41) is 10.4. The van der Waals surface area contributed by atoms with Crippen molar-refractivity contribution in [1.29, 1.82) is 0 Å². The van der Waals surface area contributed by atoms with Crippen molar-refractivity contribution in [3.63, 3.8) is 0 Å². The lowest BCUT2D eigenvalue weighted by Crippen LogP contribution is -2.68. The van der Waals surface area contributed by atoms with E-state index in [1.54, 1.807) is 30.2 Å². The summed E-state index contributed by atoms with van der Waals surface area (Å²) in [6, 6.07) is 5.39. The van der Waals surface area contributed by atoms with E-state index in [4.69, 9.17) is 14.2 Å². The monoisotopic (exact) mass is 321 g/mol. The third kappa shape index (κ3) is 3.08. The molecule has 1 fully saturated rings. The van der Waals surface area contributed by atoms with E-state index in [9.17, 15) is 9.90 Å². The molecule has 2 heterocycles. The number of methoxy groups -OCH3 is 1. The van der Waals surface area contributed by atoms with Crippen LogP contribution in [0, 0.1) is 0 Å². The van der Waals surface area contributed by atoms with E-state index in [-0.39, 0.29) is 6.09 Å². The first kappa shape index (κ1) is 15.9. The number of amides is 1. The quantitative estimate of drug-likeness (QED) is 0.861. The van der Waals surface area contributed by atoms with Gasteiger partial charge < -0.3 is 24.2 Å². The molecular formula is C17H23NO5. The van der Waals surface area contributed by atoms with Crippen LogP contribution < -0.4 is 9.47 Å². The molecule has 1 atom stereocenters. The first-order valence-corrected chi connectivity index (χ1v) is 7.74. The van der Waals surface area contributed by atoms with Gasteiger partial charge in [0.05, 0.1) is 26.3 Å². The van der Waals surface area contributed by atoms with Crippen LogP contribution in [-0.4, -0.2) is 47.5 Å². The molecule has 1 aromatic rings. The number of likely N-dealkylation sites (tertiary alicyclic amines) is 1. The van der Waals surface area contributed by atoms with Crippen molar-refractivity contribution in [2.75, 3.05) is 20.2 Å². The van der Waals surface area contributed by atoms with Gasteiger partial charge >= 0.3 is 6.09 Å². The molecule has 0 saturated carbocycles. The fourth-order valence-corrected chi connectivity index (χ4v) is 3.04. The molecule has 2 aliphatic rings. The number of fused-ring (bicyclic) bond motifs is 1. The van der Waals surface area contributed by atoms with Crippen LogP contribution in [0.15, 0.2) is 18.2 Å². The summed E-state index contributed by atoms with van der Waals surface area (Å²) in [5.74, 6) is 1.33. The third-order valence-electron chi connectivity index (χ3n) is 4.08. The summed E-state index contributed by atoms with van der Waals surface area (Å²) in [5.41, 5.74) is -0.320. The Kier molecular flexibility index (Phi) is 3.67. The Balaban J connectivity index is 1.69. The molecule has 6 heteroatoms. The van der Waals surface area contributed by atoms with Crippen LogP contribution in [0.1, 0.15) is 38.9 Å². The van der Waals surface area contributed by atoms with Gasteiger partial charge in [0.1, 0.15) is 22.7 Å². The molecule has 3 rings (SSSR count). The van der Waals surface area contributed by atoms with E-state index in [1.807, 2.05) is 20.8 Å². The van der Waals surface area contributed by atoms with E-state index in [0.29, 0.717) is 31.0 Å². The summed E-state index contributed by atoms with van der Waals surface area (Å²) < 4.78 is 16.6. The van der Waals surface area contributed by atoms with Crippen molar-refractivity contribution in [1.82, 2.24) is 4.90 Å². The minimum atomic E-state index is -0.630. The molecule has 1 unspecified atom stereocenters. The van der Waals surface area contributed by atoms with Gasteiger partial charge in [-0.15, -0.1) is 0 Å². The molecule has 1 spiro atoms. The number of aliphatic hydroxyl groups excluding tert-OH is 1. The molecule has 0 aromatic heterocycles. The molecule has 1 N–H and O–H groups in total. The zero-order valence-corrected chi connectivity index (χ0v) is 14.0. The molecular weight excluding hydrogens is 298 g/mol. The second-order valence-electron chi connectivity index (χ2n) is 7.25. The lowest BCUT2D eigenvalue weighted by atomic mass is 9.83. The average Bonchev–Trinajstić information content (AvgIpc) is 2.42. The molecule has 126 valence electrons. The number of ether oxygens (including phenoxy) is 3. The second kappa shape index (κ2) is 5.30. The maximum absolute atomic E-state index is 12.0. The molecule has 1 amide bonds. The Bertz CT molecular complexity index is 616. The molecule has 1 saturated heterocycles. The highest BCUT2D eigenvalue weighted by atomic mass is 16.6. The van der Waals surface area contributed by atoms with E-state index in [1.165, 1.54) is 0 Å². The van der Waals surface area contributed by atoms with Crippen LogP contribution in [0.3, 0.4) is 0 Å². The number of benzene rings is 1. The normalized spacial score (nSPS) is 22.0. The molecule has 23 heavy (non-hydrogen) atoms. The lowest BCUT2D eigenvalue weighted by molar-refractivity contribution is -0.114. The van der Waals surface area contributed by atoms with E-state index < -0.39 is 17.3 Å². The van der Waals surface area contributed by atoms with Crippen LogP contribution in [0.25, 0.3) is 0 Å². The Morgan fingerprint density at radius 1 is 1.39 bits per heavy atom. The van der Waals surface area contributed by atoms with Gasteiger partial charge in [0.2, 0.25) is 0 Å². The number of hydrogen-bond donors (Lipinski definition) is 1. The van der Waals surface area contributed by atoms with Crippen molar-refractivity contribution < 1.29 is 24.1 Å². The van der Waals surface area contributed by atoms with Crippen LogP contribution >= 0.6 is 0 Å². The third-order valence-corrected chi connectivity index (χ3v) is 4.08. The smallest absolute Gasteiger partial charge is 0.410 e. The van der Waals surface area contributed by atoms with Gasteiger partial charge in [-0.05, 0) is 39.0 Å². The first-order chi connectivity index (χ1) is 10.7. The minimum absolute atomic E-state index is 0.346. The number of rotatable bonds is 1. The van der Waals surface area contributed by atoms with E-state index in [2.05, 4.69) is 0 Å². The number of carbonyl (C=O) groups is 1. The summed E-state index contributed by atoms with van der Waals surface area (Å²) in [6.45, 7) is 6.36. The SMILES string of the molecule is COc1ccc2c(c1)C(O)CC1(CN(C(=O)OC(C)(C)C)C1)O2. The van der Waals surface area contributed by atoms with Gasteiger partial charge in [0.15, 0.2) is 0 Å². The Morgan fingerprint density at radius 3 is 2.70 bits per heavy atom. The fraction of sp³-hybridized carbons (Fsp3) is 0.588. The predicted octanol–water partition coefficient (Wildman–Crippen LogP) is 2.50. The maximum atomic E-state index is 12.0. The van der Waals surface area contributed by atoms with Crippen molar-refractivity contribution in [2.24, 2.45) is 0 Å². The Morgan fingerprint density at radius 2 is 2.09 bits per heavy atom. The molecule has 2 aliphatic heterocycles. The highest BCUT2D eigenvalue weighted by Gasteiger charge is 2.52. The van der Waals surface area contributed by atoms with Crippen molar-refractivity contribution >= 4 is 6.09 Å². The van der Waals surface area contributed by atoms with E-state index in [0.717, 1.165) is 5.56 Å². The highest BCUT2D eigenvalue weighted by Crippen LogP contribution is 2.45.